The Morgan fingerprint density at radius 2 is 2.00 bits per heavy atom. The largest absolute Gasteiger partial charge is 0.322 e. The minimum atomic E-state index is 0.161. The van der Waals surface area contributed by atoms with Crippen LogP contribution < -0.4 is 5.73 Å². The topological polar surface area (TPSA) is 29.3 Å². The molecule has 1 aromatic rings. The van der Waals surface area contributed by atoms with E-state index >= 15 is 0 Å². The molecule has 1 atom stereocenters. The summed E-state index contributed by atoms with van der Waals surface area (Å²) in [6.07, 6.45) is 6.46. The van der Waals surface area contributed by atoms with Gasteiger partial charge in [0.2, 0.25) is 0 Å². The van der Waals surface area contributed by atoms with Crippen LogP contribution in [0.15, 0.2) is 16.8 Å². The molecule has 0 aromatic carbocycles. The molecule has 0 saturated heterocycles. The van der Waals surface area contributed by atoms with Crippen molar-refractivity contribution in [2.45, 2.75) is 43.7 Å². The van der Waals surface area contributed by atoms with Gasteiger partial charge in [-0.05, 0) is 49.3 Å². The predicted octanol–water partition coefficient (Wildman–Crippen LogP) is 3.01. The normalized spacial score (nSPS) is 22.2. The Balaban J connectivity index is 2.25. The molecule has 90 valence electrons. The van der Waals surface area contributed by atoms with E-state index in [2.05, 4.69) is 35.8 Å². The number of thiophene rings is 1. The van der Waals surface area contributed by atoms with Gasteiger partial charge in [-0.1, -0.05) is 19.3 Å². The third kappa shape index (κ3) is 2.04. The Labute approximate surface area is 102 Å². The van der Waals surface area contributed by atoms with Gasteiger partial charge in [-0.25, -0.2) is 0 Å². The third-order valence-electron chi connectivity index (χ3n) is 4.09. The van der Waals surface area contributed by atoms with Crippen LogP contribution >= 0.6 is 11.3 Å². The number of hydrogen-bond acceptors (Lipinski definition) is 3. The van der Waals surface area contributed by atoms with E-state index in [-0.39, 0.29) is 11.6 Å². The summed E-state index contributed by atoms with van der Waals surface area (Å²) in [5, 5.41) is 4.33. The number of nitrogens with two attached hydrogens (primary N) is 1. The van der Waals surface area contributed by atoms with Crippen molar-refractivity contribution in [3.05, 3.63) is 22.4 Å². The van der Waals surface area contributed by atoms with E-state index in [0.717, 1.165) is 0 Å². The molecular weight excluding hydrogens is 216 g/mol. The van der Waals surface area contributed by atoms with E-state index in [9.17, 15) is 0 Å². The Bertz CT molecular complexity index is 313. The van der Waals surface area contributed by atoms with Gasteiger partial charge in [0.05, 0.1) is 0 Å². The molecule has 1 aromatic heterocycles. The van der Waals surface area contributed by atoms with Gasteiger partial charge in [0.25, 0.3) is 0 Å². The monoisotopic (exact) mass is 238 g/mol. The maximum Gasteiger partial charge on any atom is 0.0490 e. The van der Waals surface area contributed by atoms with E-state index < -0.39 is 0 Å². The molecule has 0 aliphatic heterocycles. The summed E-state index contributed by atoms with van der Waals surface area (Å²) in [6.45, 7) is 0. The van der Waals surface area contributed by atoms with Crippen molar-refractivity contribution in [2.24, 2.45) is 5.73 Å². The Morgan fingerprint density at radius 3 is 2.50 bits per heavy atom. The lowest BCUT2D eigenvalue weighted by Gasteiger charge is -2.47. The van der Waals surface area contributed by atoms with E-state index in [1.54, 1.807) is 11.3 Å². The molecule has 1 heterocycles. The highest BCUT2D eigenvalue weighted by Gasteiger charge is 2.40. The summed E-state index contributed by atoms with van der Waals surface area (Å²) in [5.41, 5.74) is 8.00. The van der Waals surface area contributed by atoms with Crippen molar-refractivity contribution in [3.63, 3.8) is 0 Å². The summed E-state index contributed by atoms with van der Waals surface area (Å²) in [6, 6.07) is 2.34. The standard InChI is InChI=1S/C13H22N2S/c1-15(2)13(7-4-3-5-8-13)12(14)11-6-9-16-10-11/h6,9-10,12H,3-5,7-8,14H2,1-2H3. The summed E-state index contributed by atoms with van der Waals surface area (Å²) < 4.78 is 0. The van der Waals surface area contributed by atoms with E-state index in [1.807, 2.05) is 0 Å². The first-order chi connectivity index (χ1) is 7.67. The maximum absolute atomic E-state index is 6.52. The number of hydrogen-bond donors (Lipinski definition) is 1. The molecule has 1 fully saturated rings. The van der Waals surface area contributed by atoms with Gasteiger partial charge in [-0.2, -0.15) is 11.3 Å². The molecule has 0 amide bonds. The first-order valence-electron chi connectivity index (χ1n) is 6.12. The fourth-order valence-corrected chi connectivity index (χ4v) is 3.66. The lowest BCUT2D eigenvalue weighted by atomic mass is 9.74. The number of likely N-dealkylation sites (N-methyl/N-ethyl adjacent to an activating group) is 1. The minimum Gasteiger partial charge on any atom is -0.322 e. The average Bonchev–Trinajstić information content (AvgIpc) is 2.82. The van der Waals surface area contributed by atoms with Crippen molar-refractivity contribution in [2.75, 3.05) is 14.1 Å². The van der Waals surface area contributed by atoms with Gasteiger partial charge in [0.1, 0.15) is 0 Å². The van der Waals surface area contributed by atoms with Crippen LogP contribution in [-0.4, -0.2) is 24.5 Å². The van der Waals surface area contributed by atoms with Gasteiger partial charge in [-0.3, -0.25) is 0 Å². The van der Waals surface area contributed by atoms with Crippen molar-refractivity contribution in [1.82, 2.24) is 4.90 Å². The van der Waals surface area contributed by atoms with E-state index in [4.69, 9.17) is 5.73 Å². The molecule has 1 unspecified atom stereocenters. The SMILES string of the molecule is CN(C)C1(C(N)c2ccsc2)CCCCC1. The van der Waals surface area contributed by atoms with Gasteiger partial charge in [-0.15, -0.1) is 0 Å². The van der Waals surface area contributed by atoms with Crippen molar-refractivity contribution >= 4 is 11.3 Å². The Hall–Kier alpha value is -0.380. The van der Waals surface area contributed by atoms with Crippen LogP contribution in [0.3, 0.4) is 0 Å². The number of rotatable bonds is 3. The van der Waals surface area contributed by atoms with Crippen LogP contribution in [0.4, 0.5) is 0 Å². The second-order valence-corrected chi connectivity index (χ2v) is 5.87. The minimum absolute atomic E-state index is 0.161. The van der Waals surface area contributed by atoms with Crippen LogP contribution in [0.2, 0.25) is 0 Å². The molecular formula is C13H22N2S. The van der Waals surface area contributed by atoms with E-state index in [1.165, 1.54) is 37.7 Å². The summed E-state index contributed by atoms with van der Waals surface area (Å²) >= 11 is 1.74. The molecule has 2 rings (SSSR count). The second-order valence-electron chi connectivity index (χ2n) is 5.09. The quantitative estimate of drug-likeness (QED) is 0.877. The van der Waals surface area contributed by atoms with Crippen molar-refractivity contribution < 1.29 is 0 Å². The van der Waals surface area contributed by atoms with Gasteiger partial charge in [0.15, 0.2) is 0 Å². The fourth-order valence-electron chi connectivity index (χ4n) is 2.96. The summed E-state index contributed by atoms with van der Waals surface area (Å²) in [4.78, 5) is 2.36. The Morgan fingerprint density at radius 1 is 1.31 bits per heavy atom. The number of nitrogens with zero attached hydrogens (tertiary/aromatic N) is 1. The molecule has 3 heteroatoms. The molecule has 1 aliphatic carbocycles. The third-order valence-corrected chi connectivity index (χ3v) is 4.79. The maximum atomic E-state index is 6.52. The lowest BCUT2D eigenvalue weighted by molar-refractivity contribution is 0.0715. The zero-order chi connectivity index (χ0) is 11.6. The first kappa shape index (κ1) is 12.1. The van der Waals surface area contributed by atoms with E-state index in [0.29, 0.717) is 0 Å². The van der Waals surface area contributed by atoms with Crippen LogP contribution in [0.5, 0.6) is 0 Å². The van der Waals surface area contributed by atoms with Gasteiger partial charge < -0.3 is 10.6 Å². The first-order valence-corrected chi connectivity index (χ1v) is 7.06. The molecule has 0 radical (unpaired) electrons. The van der Waals surface area contributed by atoms with Crippen LogP contribution in [0, 0.1) is 0 Å². The zero-order valence-corrected chi connectivity index (χ0v) is 11.1. The van der Waals surface area contributed by atoms with Gasteiger partial charge >= 0.3 is 0 Å². The van der Waals surface area contributed by atoms with Gasteiger partial charge in [0, 0.05) is 11.6 Å². The summed E-state index contributed by atoms with van der Waals surface area (Å²) in [7, 11) is 4.36. The highest BCUT2D eigenvalue weighted by atomic mass is 32.1. The predicted molar refractivity (Wildman–Crippen MR) is 70.8 cm³/mol. The highest BCUT2D eigenvalue weighted by Crippen LogP contribution is 2.40. The smallest absolute Gasteiger partial charge is 0.0490 e. The molecule has 0 bridgehead atoms. The lowest BCUT2D eigenvalue weighted by Crippen LogP contribution is -2.53. The molecule has 16 heavy (non-hydrogen) atoms. The molecule has 2 N–H and O–H groups in total. The summed E-state index contributed by atoms with van der Waals surface area (Å²) in [5.74, 6) is 0. The van der Waals surface area contributed by atoms with Crippen molar-refractivity contribution in [1.29, 1.82) is 0 Å². The van der Waals surface area contributed by atoms with Crippen LogP contribution in [0.1, 0.15) is 43.7 Å². The average molecular weight is 238 g/mol. The molecule has 1 saturated carbocycles. The highest BCUT2D eigenvalue weighted by molar-refractivity contribution is 7.07. The van der Waals surface area contributed by atoms with Crippen molar-refractivity contribution in [3.8, 4) is 0 Å². The second kappa shape index (κ2) is 4.86. The Kier molecular flexibility index (Phi) is 3.67. The fraction of sp³-hybridized carbons (Fsp3) is 0.692. The molecule has 2 nitrogen and oxygen atoms in total. The molecule has 1 aliphatic rings. The van der Waals surface area contributed by atoms with Crippen LogP contribution in [-0.2, 0) is 0 Å². The van der Waals surface area contributed by atoms with Crippen LogP contribution in [0.25, 0.3) is 0 Å². The zero-order valence-electron chi connectivity index (χ0n) is 10.3. The molecule has 0 spiro atoms.